The fraction of sp³-hybridized carbons (Fsp3) is 0.333. The van der Waals surface area contributed by atoms with E-state index in [-0.39, 0.29) is 0 Å². The van der Waals surface area contributed by atoms with Crippen molar-refractivity contribution in [1.29, 1.82) is 0 Å². The Morgan fingerprint density at radius 3 is 2.31 bits per heavy atom. The van der Waals surface area contributed by atoms with Crippen LogP contribution >= 0.6 is 0 Å². The number of benzene rings is 1. The van der Waals surface area contributed by atoms with Crippen LogP contribution in [0.1, 0.15) is 25.5 Å². The van der Waals surface area contributed by atoms with Crippen molar-refractivity contribution in [1.82, 2.24) is 0 Å². The molecule has 0 spiro atoms. The molecule has 0 amide bonds. The molecule has 0 radical (unpaired) electrons. The van der Waals surface area contributed by atoms with Crippen LogP contribution in [0.25, 0.3) is 0 Å². The quantitative estimate of drug-likeness (QED) is 0.682. The number of terminal acetylenes is 1. The van der Waals surface area contributed by atoms with Gasteiger partial charge in [-0.1, -0.05) is 36.3 Å². The van der Waals surface area contributed by atoms with Crippen molar-refractivity contribution in [2.24, 2.45) is 5.41 Å². The smallest absolute Gasteiger partial charge is 0.0949 e. The SMILES string of the molecule is C#CC(C)(C)C(O)c1ccccc1. The summed E-state index contributed by atoms with van der Waals surface area (Å²) in [4.78, 5) is 0. The van der Waals surface area contributed by atoms with Crippen molar-refractivity contribution < 1.29 is 5.11 Å². The minimum atomic E-state index is -0.598. The zero-order valence-electron chi connectivity index (χ0n) is 7.99. The molecular weight excluding hydrogens is 160 g/mol. The van der Waals surface area contributed by atoms with Gasteiger partial charge < -0.3 is 5.11 Å². The summed E-state index contributed by atoms with van der Waals surface area (Å²) < 4.78 is 0. The lowest BCUT2D eigenvalue weighted by molar-refractivity contribution is 0.0882. The van der Waals surface area contributed by atoms with Gasteiger partial charge in [-0.2, -0.15) is 0 Å². The summed E-state index contributed by atoms with van der Waals surface area (Å²) >= 11 is 0. The largest absolute Gasteiger partial charge is 0.387 e. The molecule has 1 aromatic carbocycles. The summed E-state index contributed by atoms with van der Waals surface area (Å²) in [6, 6.07) is 9.46. The fourth-order valence-corrected chi connectivity index (χ4v) is 1.13. The third kappa shape index (κ3) is 2.11. The fourth-order valence-electron chi connectivity index (χ4n) is 1.13. The van der Waals surface area contributed by atoms with Gasteiger partial charge in [0.1, 0.15) is 0 Å². The molecular formula is C12H14O. The van der Waals surface area contributed by atoms with Crippen molar-refractivity contribution in [3.8, 4) is 12.3 Å². The molecule has 1 nitrogen and oxygen atoms in total. The van der Waals surface area contributed by atoms with E-state index in [2.05, 4.69) is 5.92 Å². The van der Waals surface area contributed by atoms with E-state index in [9.17, 15) is 5.11 Å². The second kappa shape index (κ2) is 3.64. The Labute approximate surface area is 79.4 Å². The van der Waals surface area contributed by atoms with Gasteiger partial charge in [0.15, 0.2) is 0 Å². The molecule has 1 heteroatoms. The molecule has 0 aliphatic heterocycles. The van der Waals surface area contributed by atoms with Gasteiger partial charge in [-0.3, -0.25) is 0 Å². The average Bonchev–Trinajstić information content (AvgIpc) is 2.18. The lowest BCUT2D eigenvalue weighted by Gasteiger charge is -2.24. The molecule has 0 bridgehead atoms. The molecule has 1 atom stereocenters. The molecule has 13 heavy (non-hydrogen) atoms. The second-order valence-electron chi connectivity index (χ2n) is 3.68. The van der Waals surface area contributed by atoms with Crippen molar-refractivity contribution in [3.63, 3.8) is 0 Å². The van der Waals surface area contributed by atoms with E-state index in [0.717, 1.165) is 5.56 Å². The standard InChI is InChI=1S/C12H14O/c1-4-12(2,3)11(13)10-8-6-5-7-9-10/h1,5-9,11,13H,2-3H3. The second-order valence-corrected chi connectivity index (χ2v) is 3.68. The molecule has 0 aliphatic rings. The van der Waals surface area contributed by atoms with Crippen LogP contribution in [-0.4, -0.2) is 5.11 Å². The molecule has 0 saturated heterocycles. The Hall–Kier alpha value is -1.26. The Bertz CT molecular complexity index is 306. The van der Waals surface area contributed by atoms with Crippen LogP contribution in [-0.2, 0) is 0 Å². The Morgan fingerprint density at radius 2 is 1.85 bits per heavy atom. The maximum Gasteiger partial charge on any atom is 0.0949 e. The van der Waals surface area contributed by atoms with Crippen LogP contribution in [0.3, 0.4) is 0 Å². The Balaban J connectivity index is 2.94. The molecule has 0 fully saturated rings. The predicted octanol–water partition coefficient (Wildman–Crippen LogP) is 2.38. The lowest BCUT2D eigenvalue weighted by atomic mass is 9.84. The van der Waals surface area contributed by atoms with E-state index in [1.165, 1.54) is 0 Å². The van der Waals surface area contributed by atoms with Crippen molar-refractivity contribution >= 4 is 0 Å². The first-order valence-electron chi connectivity index (χ1n) is 4.28. The summed E-state index contributed by atoms with van der Waals surface area (Å²) in [5, 5.41) is 9.91. The molecule has 0 saturated carbocycles. The van der Waals surface area contributed by atoms with E-state index < -0.39 is 11.5 Å². The number of hydrogen-bond donors (Lipinski definition) is 1. The van der Waals surface area contributed by atoms with Crippen molar-refractivity contribution in [2.45, 2.75) is 20.0 Å². The van der Waals surface area contributed by atoms with Crippen molar-refractivity contribution in [3.05, 3.63) is 35.9 Å². The van der Waals surface area contributed by atoms with Crippen LogP contribution < -0.4 is 0 Å². The van der Waals surface area contributed by atoms with Gasteiger partial charge in [-0.15, -0.1) is 6.42 Å². The van der Waals surface area contributed by atoms with Crippen LogP contribution in [0.4, 0.5) is 0 Å². The highest BCUT2D eigenvalue weighted by Gasteiger charge is 2.26. The van der Waals surface area contributed by atoms with Crippen LogP contribution in [0.2, 0.25) is 0 Å². The first kappa shape index (κ1) is 9.83. The summed E-state index contributed by atoms with van der Waals surface area (Å²) in [5.74, 6) is 2.59. The third-order valence-corrected chi connectivity index (χ3v) is 2.17. The highest BCUT2D eigenvalue weighted by atomic mass is 16.3. The normalized spacial score (nSPS) is 13.4. The molecule has 1 aromatic rings. The van der Waals surface area contributed by atoms with Gasteiger partial charge in [-0.05, 0) is 19.4 Å². The van der Waals surface area contributed by atoms with Gasteiger partial charge in [0, 0.05) is 0 Å². The van der Waals surface area contributed by atoms with Gasteiger partial charge in [0.2, 0.25) is 0 Å². The van der Waals surface area contributed by atoms with E-state index >= 15 is 0 Å². The molecule has 1 N–H and O–H groups in total. The van der Waals surface area contributed by atoms with Gasteiger partial charge >= 0.3 is 0 Å². The predicted molar refractivity (Wildman–Crippen MR) is 54.0 cm³/mol. The summed E-state index contributed by atoms with van der Waals surface area (Å²) in [7, 11) is 0. The van der Waals surface area contributed by atoms with Crippen LogP contribution in [0, 0.1) is 17.8 Å². The Kier molecular flexibility index (Phi) is 2.75. The maximum absolute atomic E-state index is 9.91. The minimum Gasteiger partial charge on any atom is -0.387 e. The van der Waals surface area contributed by atoms with Crippen molar-refractivity contribution in [2.75, 3.05) is 0 Å². The number of rotatable bonds is 2. The van der Waals surface area contributed by atoms with E-state index in [1.807, 2.05) is 44.2 Å². The highest BCUT2D eigenvalue weighted by Crippen LogP contribution is 2.31. The first-order chi connectivity index (χ1) is 6.08. The van der Waals surface area contributed by atoms with Gasteiger partial charge in [-0.25, -0.2) is 0 Å². The summed E-state index contributed by atoms with van der Waals surface area (Å²) in [6.07, 6.45) is 4.74. The summed E-state index contributed by atoms with van der Waals surface area (Å²) in [6.45, 7) is 3.70. The highest BCUT2D eigenvalue weighted by molar-refractivity contribution is 5.22. The number of hydrogen-bond acceptors (Lipinski definition) is 1. The van der Waals surface area contributed by atoms with E-state index in [0.29, 0.717) is 0 Å². The lowest BCUT2D eigenvalue weighted by Crippen LogP contribution is -2.19. The minimum absolute atomic E-state index is 0.513. The zero-order chi connectivity index (χ0) is 9.90. The molecule has 1 unspecified atom stereocenters. The number of aliphatic hydroxyl groups excluding tert-OH is 1. The molecule has 1 rings (SSSR count). The van der Waals surface area contributed by atoms with Crippen LogP contribution in [0.5, 0.6) is 0 Å². The summed E-state index contributed by atoms with van der Waals surface area (Å²) in [5.41, 5.74) is 0.354. The molecule has 0 aromatic heterocycles. The third-order valence-electron chi connectivity index (χ3n) is 2.17. The molecule has 0 aliphatic carbocycles. The zero-order valence-corrected chi connectivity index (χ0v) is 7.99. The number of aliphatic hydroxyl groups is 1. The first-order valence-corrected chi connectivity index (χ1v) is 4.28. The van der Waals surface area contributed by atoms with Gasteiger partial charge in [0.25, 0.3) is 0 Å². The maximum atomic E-state index is 9.91. The van der Waals surface area contributed by atoms with E-state index in [4.69, 9.17) is 6.42 Å². The van der Waals surface area contributed by atoms with Crippen LogP contribution in [0.15, 0.2) is 30.3 Å². The topological polar surface area (TPSA) is 20.2 Å². The average molecular weight is 174 g/mol. The van der Waals surface area contributed by atoms with E-state index in [1.54, 1.807) is 0 Å². The Morgan fingerprint density at radius 1 is 1.31 bits per heavy atom. The van der Waals surface area contributed by atoms with Gasteiger partial charge in [0.05, 0.1) is 11.5 Å². The monoisotopic (exact) mass is 174 g/mol. The molecule has 0 heterocycles. The molecule has 68 valence electrons.